The normalized spacial score (nSPS) is 12.1. The molecule has 4 heteroatoms. The summed E-state index contributed by atoms with van der Waals surface area (Å²) in [6.45, 7) is 0. The van der Waals surface area contributed by atoms with E-state index in [1.165, 1.54) is 98.4 Å². The van der Waals surface area contributed by atoms with Crippen molar-refractivity contribution in [2.75, 3.05) is 0 Å². The third kappa shape index (κ3) is 4.99. The Bertz CT molecular complexity index is 3830. The number of hydrogen-bond donors (Lipinski definition) is 0. The molecule has 0 atom stereocenters. The van der Waals surface area contributed by atoms with Crippen LogP contribution in [-0.2, 0) is 0 Å². The van der Waals surface area contributed by atoms with Gasteiger partial charge in [0, 0.05) is 65.8 Å². The van der Waals surface area contributed by atoms with E-state index in [1.807, 2.05) is 0 Å². The van der Waals surface area contributed by atoms with Gasteiger partial charge in [-0.25, -0.2) is 0 Å². The van der Waals surface area contributed by atoms with Crippen molar-refractivity contribution >= 4 is 87.2 Å². The SMILES string of the molecule is c1cc(-c2cccc(-n3c4ccccc4c4cc(-n5c6ccccc6c6ccccc65)ccc43)c2)cc(-n2c3ccccc3c3cc(-n4c5ccccc5c5ccccc54)ccc32)c1. The quantitative estimate of drug-likeness (QED) is 0.165. The second kappa shape index (κ2) is 13.4. The van der Waals surface area contributed by atoms with Crippen LogP contribution in [0.2, 0.25) is 0 Å². The Labute approximate surface area is 368 Å². The van der Waals surface area contributed by atoms with Crippen molar-refractivity contribution in [3.8, 4) is 33.9 Å². The van der Waals surface area contributed by atoms with Gasteiger partial charge in [0.1, 0.15) is 0 Å². The molecule has 0 radical (unpaired) electrons. The monoisotopic (exact) mass is 814 g/mol. The molecule has 14 rings (SSSR count). The van der Waals surface area contributed by atoms with Gasteiger partial charge in [-0.3, -0.25) is 0 Å². The van der Waals surface area contributed by atoms with E-state index in [-0.39, 0.29) is 0 Å². The maximum Gasteiger partial charge on any atom is 0.0542 e. The number of rotatable bonds is 5. The first-order valence-electron chi connectivity index (χ1n) is 22.0. The maximum atomic E-state index is 2.43. The average molecular weight is 815 g/mol. The van der Waals surface area contributed by atoms with Crippen molar-refractivity contribution in [3.05, 3.63) is 231 Å². The van der Waals surface area contributed by atoms with Crippen molar-refractivity contribution < 1.29 is 0 Å². The van der Waals surface area contributed by atoms with Crippen LogP contribution in [-0.4, -0.2) is 18.3 Å². The van der Waals surface area contributed by atoms with Crippen LogP contribution in [0.15, 0.2) is 231 Å². The maximum absolute atomic E-state index is 2.43. The van der Waals surface area contributed by atoms with Crippen LogP contribution in [0.25, 0.3) is 121 Å². The van der Waals surface area contributed by atoms with Crippen molar-refractivity contribution in [1.82, 2.24) is 18.3 Å². The minimum Gasteiger partial charge on any atom is -0.309 e. The average Bonchev–Trinajstić information content (AvgIpc) is 4.09. The first kappa shape index (κ1) is 35.0. The van der Waals surface area contributed by atoms with E-state index in [4.69, 9.17) is 0 Å². The van der Waals surface area contributed by atoms with Gasteiger partial charge in [0.05, 0.1) is 44.1 Å². The molecule has 14 aromatic rings. The molecule has 0 unspecified atom stereocenters. The number of benzene rings is 10. The molecule has 4 aromatic heterocycles. The first-order chi connectivity index (χ1) is 31.8. The lowest BCUT2D eigenvalue weighted by Crippen LogP contribution is -1.97. The Balaban J connectivity index is 0.896. The first-order valence-corrected chi connectivity index (χ1v) is 22.0. The summed E-state index contributed by atoms with van der Waals surface area (Å²) in [4.78, 5) is 0. The molecule has 4 heterocycles. The van der Waals surface area contributed by atoms with Gasteiger partial charge >= 0.3 is 0 Å². The summed E-state index contributed by atoms with van der Waals surface area (Å²) < 4.78 is 9.67. The third-order valence-electron chi connectivity index (χ3n) is 13.5. The Morgan fingerprint density at radius 3 is 0.734 bits per heavy atom. The predicted molar refractivity (Wildman–Crippen MR) is 269 cm³/mol. The van der Waals surface area contributed by atoms with Gasteiger partial charge in [-0.15, -0.1) is 0 Å². The Morgan fingerprint density at radius 1 is 0.172 bits per heavy atom. The molecule has 0 aliphatic rings. The van der Waals surface area contributed by atoms with Crippen LogP contribution in [0.3, 0.4) is 0 Å². The summed E-state index contributed by atoms with van der Waals surface area (Å²) in [7, 11) is 0. The summed E-state index contributed by atoms with van der Waals surface area (Å²) in [5, 5.41) is 10.0. The minimum absolute atomic E-state index is 1.13. The lowest BCUT2D eigenvalue weighted by molar-refractivity contribution is 1.16. The van der Waals surface area contributed by atoms with Gasteiger partial charge in [0.2, 0.25) is 0 Å². The summed E-state index contributed by atoms with van der Waals surface area (Å²) in [6.07, 6.45) is 0. The molecule has 298 valence electrons. The van der Waals surface area contributed by atoms with Gasteiger partial charge in [0.25, 0.3) is 0 Å². The number of para-hydroxylation sites is 6. The van der Waals surface area contributed by atoms with Crippen LogP contribution in [0.1, 0.15) is 0 Å². The zero-order valence-electron chi connectivity index (χ0n) is 34.7. The van der Waals surface area contributed by atoms with E-state index in [0.29, 0.717) is 0 Å². The molecule has 0 spiro atoms. The van der Waals surface area contributed by atoms with Crippen molar-refractivity contribution in [1.29, 1.82) is 0 Å². The summed E-state index contributed by atoms with van der Waals surface area (Å²) in [5.74, 6) is 0. The molecule has 64 heavy (non-hydrogen) atoms. The van der Waals surface area contributed by atoms with Crippen LogP contribution in [0.5, 0.6) is 0 Å². The molecule has 0 amide bonds. The van der Waals surface area contributed by atoms with Crippen molar-refractivity contribution in [2.45, 2.75) is 0 Å². The van der Waals surface area contributed by atoms with Crippen LogP contribution in [0, 0.1) is 0 Å². The number of nitrogens with zero attached hydrogens (tertiary/aromatic N) is 4. The fourth-order valence-electron chi connectivity index (χ4n) is 10.8. The topological polar surface area (TPSA) is 19.7 Å². The van der Waals surface area contributed by atoms with E-state index in [0.717, 1.165) is 22.7 Å². The highest BCUT2D eigenvalue weighted by Crippen LogP contribution is 2.40. The molecule has 0 fully saturated rings. The van der Waals surface area contributed by atoms with Crippen molar-refractivity contribution in [2.24, 2.45) is 0 Å². The molecule has 10 aromatic carbocycles. The molecular formula is C60H38N4. The summed E-state index contributed by atoms with van der Waals surface area (Å²) in [6, 6.07) is 84.5. The standard InChI is InChI=1S/C60H38N4/c1-7-25-53-45(19-1)46-20-2-8-26-54(46)63(53)43-31-33-59-51(37-43)49-23-5-11-29-57(49)61(59)41-17-13-15-39(35-41)40-16-14-18-42(36-40)62-58-30-12-6-24-50(58)52-38-44(32-34-60(52)62)64-55-27-9-3-21-47(55)48-22-4-10-28-56(48)64/h1-38H. The molecular weight excluding hydrogens is 777 g/mol. The Hall–Kier alpha value is -8.60. The lowest BCUT2D eigenvalue weighted by atomic mass is 10.0. The molecule has 0 N–H and O–H groups in total. The Kier molecular flexibility index (Phi) is 7.36. The fourth-order valence-corrected chi connectivity index (χ4v) is 10.8. The fraction of sp³-hybridized carbons (Fsp3) is 0. The number of aromatic nitrogens is 4. The lowest BCUT2D eigenvalue weighted by Gasteiger charge is -2.13. The highest BCUT2D eigenvalue weighted by molar-refractivity contribution is 6.14. The molecule has 0 saturated heterocycles. The number of fused-ring (bicyclic) bond motifs is 12. The van der Waals surface area contributed by atoms with E-state index in [9.17, 15) is 0 Å². The smallest absolute Gasteiger partial charge is 0.0542 e. The molecule has 0 aliphatic heterocycles. The zero-order valence-corrected chi connectivity index (χ0v) is 34.7. The second-order valence-electron chi connectivity index (χ2n) is 16.9. The summed E-state index contributed by atoms with van der Waals surface area (Å²) in [5.41, 5.74) is 16.5. The van der Waals surface area contributed by atoms with E-state index < -0.39 is 0 Å². The molecule has 0 bridgehead atoms. The predicted octanol–water partition coefficient (Wildman–Crippen LogP) is 15.7. The van der Waals surface area contributed by atoms with Gasteiger partial charge in [-0.1, -0.05) is 133 Å². The van der Waals surface area contributed by atoms with Crippen LogP contribution >= 0.6 is 0 Å². The summed E-state index contributed by atoms with van der Waals surface area (Å²) >= 11 is 0. The Morgan fingerprint density at radius 2 is 0.422 bits per heavy atom. The van der Waals surface area contributed by atoms with E-state index in [2.05, 4.69) is 249 Å². The van der Waals surface area contributed by atoms with Gasteiger partial charge in [-0.2, -0.15) is 0 Å². The zero-order chi connectivity index (χ0) is 41.9. The van der Waals surface area contributed by atoms with Gasteiger partial charge in [-0.05, 0) is 108 Å². The van der Waals surface area contributed by atoms with Crippen molar-refractivity contribution in [3.63, 3.8) is 0 Å². The highest BCUT2D eigenvalue weighted by Gasteiger charge is 2.19. The van der Waals surface area contributed by atoms with Gasteiger partial charge in [0.15, 0.2) is 0 Å². The second-order valence-corrected chi connectivity index (χ2v) is 16.9. The van der Waals surface area contributed by atoms with Crippen LogP contribution < -0.4 is 0 Å². The van der Waals surface area contributed by atoms with Gasteiger partial charge < -0.3 is 18.3 Å². The third-order valence-corrected chi connectivity index (χ3v) is 13.5. The molecule has 0 saturated carbocycles. The largest absolute Gasteiger partial charge is 0.309 e. The number of hydrogen-bond acceptors (Lipinski definition) is 0. The van der Waals surface area contributed by atoms with E-state index >= 15 is 0 Å². The molecule has 4 nitrogen and oxygen atoms in total. The highest BCUT2D eigenvalue weighted by atomic mass is 15.0. The van der Waals surface area contributed by atoms with Crippen LogP contribution in [0.4, 0.5) is 0 Å². The minimum atomic E-state index is 1.13. The van der Waals surface area contributed by atoms with E-state index in [1.54, 1.807) is 0 Å². The molecule has 0 aliphatic carbocycles.